The normalized spacial score (nSPS) is 11.3. The Morgan fingerprint density at radius 2 is 1.45 bits per heavy atom. The molecule has 0 aliphatic carbocycles. The Kier molecular flexibility index (Phi) is 12.4. The summed E-state index contributed by atoms with van der Waals surface area (Å²) >= 11 is 0. The number of nitrogen functional groups attached to an aromatic ring is 1. The second-order valence-electron chi connectivity index (χ2n) is 9.41. The van der Waals surface area contributed by atoms with Gasteiger partial charge in [0, 0.05) is 22.2 Å². The first-order valence-corrected chi connectivity index (χ1v) is 14.2. The van der Waals surface area contributed by atoms with E-state index < -0.39 is 49.6 Å². The zero-order valence-corrected chi connectivity index (χ0v) is 29.6. The van der Waals surface area contributed by atoms with Gasteiger partial charge < -0.3 is 35.7 Å². The number of hydrogen-bond acceptors (Lipinski definition) is 13. The summed E-state index contributed by atoms with van der Waals surface area (Å²) in [5.74, 6) is -3.20. The van der Waals surface area contributed by atoms with Crippen LogP contribution in [0, 0.1) is 0 Å². The number of carbonyl (C=O) groups excluding carboxylic acids is 2. The summed E-state index contributed by atoms with van der Waals surface area (Å²) < 4.78 is 36.0. The van der Waals surface area contributed by atoms with Crippen LogP contribution < -0.4 is 75.3 Å². The maximum Gasteiger partial charge on any atom is 1.00 e. The third-order valence-electron chi connectivity index (χ3n) is 6.37. The molecule has 0 heterocycles. The summed E-state index contributed by atoms with van der Waals surface area (Å²) in [6.07, 6.45) is 0. The van der Waals surface area contributed by atoms with Crippen molar-refractivity contribution in [3.63, 3.8) is 0 Å². The number of carboxylic acids is 1. The zero-order valence-electron chi connectivity index (χ0n) is 24.8. The number of rotatable bonds is 8. The second-order valence-corrected chi connectivity index (χ2v) is 10.8. The van der Waals surface area contributed by atoms with Crippen molar-refractivity contribution in [2.24, 2.45) is 20.5 Å². The fourth-order valence-electron chi connectivity index (χ4n) is 4.16. The second kappa shape index (κ2) is 15.6. The molecular weight excluding hydrogens is 650 g/mol. The predicted octanol–water partition coefficient (Wildman–Crippen LogP) is -0.808. The van der Waals surface area contributed by atoms with Gasteiger partial charge in [0.1, 0.15) is 27.2 Å². The minimum absolute atomic E-state index is 0. The molecule has 226 valence electrons. The number of azo groups is 2. The Morgan fingerprint density at radius 1 is 0.787 bits per heavy atom. The molecule has 14 nitrogen and oxygen atoms in total. The van der Waals surface area contributed by atoms with Crippen LogP contribution in [-0.2, 0) is 10.1 Å². The Labute approximate surface area is 311 Å². The standard InChI is InChI=1S/C30H22N6O8S.2Na/c31-18-8-5-17-13-26(45(42,43)44)27(28(38)21(17)14-18)36-35-24-4-2-1-3-23(24)32-29(39)16-6-9-19(10-7-16)33-34-20-11-12-25(37)22(15-20)30(40)41;;/h1-15,37-38H,31H2,(H,32,39)(H,40,41)(H,42,43,44);;/q;2*+1/p-2. The molecule has 0 aliphatic rings. The van der Waals surface area contributed by atoms with E-state index in [0.29, 0.717) is 5.69 Å². The number of carboxylic acid groups (broad SMARTS) is 1. The van der Waals surface area contributed by atoms with Crippen molar-refractivity contribution in [1.29, 1.82) is 0 Å². The molecule has 5 aromatic carbocycles. The first kappa shape index (κ1) is 37.3. The van der Waals surface area contributed by atoms with Crippen LogP contribution in [0.3, 0.4) is 0 Å². The van der Waals surface area contributed by atoms with Crippen molar-refractivity contribution in [1.82, 2.24) is 0 Å². The van der Waals surface area contributed by atoms with Gasteiger partial charge in [-0.2, -0.15) is 10.2 Å². The largest absolute Gasteiger partial charge is 1.00 e. The number of fused-ring (bicyclic) bond motifs is 1. The van der Waals surface area contributed by atoms with E-state index >= 15 is 0 Å². The van der Waals surface area contributed by atoms with Gasteiger partial charge in [0.2, 0.25) is 0 Å². The van der Waals surface area contributed by atoms with Gasteiger partial charge in [-0.05, 0) is 78.2 Å². The number of carbonyl (C=O) groups is 2. The molecule has 0 unspecified atom stereocenters. The Bertz CT molecular complexity index is 2160. The smallest absolute Gasteiger partial charge is 0.744 e. The van der Waals surface area contributed by atoms with Crippen molar-refractivity contribution in [3.8, 4) is 11.5 Å². The number of nitrogens with two attached hydrogens (primary N) is 1. The number of aromatic carboxylic acids is 1. The molecule has 5 N–H and O–H groups in total. The summed E-state index contributed by atoms with van der Waals surface area (Å²) in [7, 11) is -5.07. The molecule has 0 radical (unpaired) electrons. The van der Waals surface area contributed by atoms with Gasteiger partial charge in [0.05, 0.1) is 27.9 Å². The third-order valence-corrected chi connectivity index (χ3v) is 7.22. The molecule has 0 fully saturated rings. The van der Waals surface area contributed by atoms with Crippen LogP contribution in [0.4, 0.5) is 34.1 Å². The van der Waals surface area contributed by atoms with Gasteiger partial charge in [-0.3, -0.25) is 4.79 Å². The van der Waals surface area contributed by atoms with E-state index in [-0.39, 0.29) is 98.2 Å². The number of phenols is 2. The van der Waals surface area contributed by atoms with Crippen LogP contribution in [0.2, 0.25) is 0 Å². The minimum atomic E-state index is -5.07. The average Bonchev–Trinajstić information content (AvgIpc) is 3.00. The molecule has 47 heavy (non-hydrogen) atoms. The molecule has 0 spiro atoms. The van der Waals surface area contributed by atoms with E-state index in [0.717, 1.165) is 18.2 Å². The van der Waals surface area contributed by atoms with E-state index in [1.807, 2.05) is 0 Å². The van der Waals surface area contributed by atoms with Crippen molar-refractivity contribution in [2.75, 3.05) is 11.1 Å². The van der Waals surface area contributed by atoms with E-state index in [9.17, 15) is 37.9 Å². The number of nitrogens with one attached hydrogen (secondary N) is 1. The van der Waals surface area contributed by atoms with Crippen LogP contribution >= 0.6 is 0 Å². The van der Waals surface area contributed by atoms with Crippen LogP contribution in [0.15, 0.2) is 116 Å². The topological polar surface area (TPSA) is 242 Å². The summed E-state index contributed by atoms with van der Waals surface area (Å²) in [4.78, 5) is 23.3. The number of aromatic hydroxyl groups is 2. The minimum Gasteiger partial charge on any atom is -0.744 e. The van der Waals surface area contributed by atoms with E-state index in [1.54, 1.807) is 12.1 Å². The van der Waals surface area contributed by atoms with E-state index in [2.05, 4.69) is 25.8 Å². The summed E-state index contributed by atoms with van der Waals surface area (Å²) in [6.45, 7) is 0. The molecule has 0 saturated heterocycles. The van der Waals surface area contributed by atoms with E-state index in [1.165, 1.54) is 60.7 Å². The van der Waals surface area contributed by atoms with Crippen LogP contribution in [0.1, 0.15) is 20.7 Å². The molecule has 17 heteroatoms. The number of amides is 1. The third kappa shape index (κ3) is 8.79. The molecule has 0 aliphatic heterocycles. The number of benzene rings is 5. The predicted molar refractivity (Wildman–Crippen MR) is 160 cm³/mol. The maximum absolute atomic E-state index is 13.0. The van der Waals surface area contributed by atoms with Crippen LogP contribution in [-0.4, -0.2) is 35.1 Å². The number of nitrogens with zero attached hydrogens (tertiary/aromatic N) is 4. The van der Waals surface area contributed by atoms with Crippen molar-refractivity contribution >= 4 is 66.9 Å². The van der Waals surface area contributed by atoms with Crippen LogP contribution in [0.25, 0.3) is 10.8 Å². The van der Waals surface area contributed by atoms with Gasteiger partial charge in [0.15, 0.2) is 5.75 Å². The zero-order chi connectivity index (χ0) is 32.3. The van der Waals surface area contributed by atoms with Gasteiger partial charge in [-0.25, -0.2) is 8.42 Å². The Hall–Kier alpha value is -4.19. The maximum atomic E-state index is 13.0. The Balaban J connectivity index is 0.00000300. The van der Waals surface area contributed by atoms with Crippen molar-refractivity contribution in [2.45, 2.75) is 4.90 Å². The fraction of sp³-hybridized carbons (Fsp3) is 0. The fourth-order valence-corrected chi connectivity index (χ4v) is 4.80. The van der Waals surface area contributed by atoms with Crippen LogP contribution in [0.5, 0.6) is 11.5 Å². The van der Waals surface area contributed by atoms with Crippen molar-refractivity contribution < 1.29 is 97.0 Å². The van der Waals surface area contributed by atoms with Gasteiger partial charge in [0.25, 0.3) is 5.91 Å². The molecule has 1 amide bonds. The van der Waals surface area contributed by atoms with Crippen molar-refractivity contribution in [3.05, 3.63) is 102 Å². The molecule has 5 aromatic rings. The SMILES string of the molecule is Nc1ccc2cc(S(=O)(=O)[O-])c(N=Nc3ccccc3NC(=O)c3ccc(N=Nc4ccc(O)c(C(=O)[O-])c4)cc3)c(O)c2c1.[Na+].[Na+]. The number of para-hydroxylation sites is 1. The first-order valence-electron chi connectivity index (χ1n) is 12.8. The van der Waals surface area contributed by atoms with Gasteiger partial charge >= 0.3 is 59.1 Å². The molecule has 0 atom stereocenters. The summed E-state index contributed by atoms with van der Waals surface area (Å²) in [6, 6.07) is 21.1. The number of anilines is 2. The van der Waals surface area contributed by atoms with E-state index in [4.69, 9.17) is 5.73 Å². The monoisotopic (exact) mass is 670 g/mol. The average molecular weight is 671 g/mol. The molecular formula is C30H20N6Na2O8S. The first-order chi connectivity index (χ1) is 21.4. The van der Waals surface area contributed by atoms with Gasteiger partial charge in [-0.1, -0.05) is 18.2 Å². The quantitative estimate of drug-likeness (QED) is 0.0697. The summed E-state index contributed by atoms with van der Waals surface area (Å²) in [5.41, 5.74) is 6.03. The number of hydrogen-bond donors (Lipinski definition) is 4. The molecule has 5 rings (SSSR count). The Morgan fingerprint density at radius 3 is 2.13 bits per heavy atom. The number of phenolic OH excluding ortho intramolecular Hbond substituents is 1. The molecule has 0 aromatic heterocycles. The molecule has 0 bridgehead atoms. The summed E-state index contributed by atoms with van der Waals surface area (Å²) in [5, 5.41) is 50.3. The molecule has 0 saturated carbocycles. The van der Waals surface area contributed by atoms with Gasteiger partial charge in [-0.15, -0.1) is 10.2 Å².